The van der Waals surface area contributed by atoms with Gasteiger partial charge in [0.15, 0.2) is 0 Å². The van der Waals surface area contributed by atoms with Crippen LogP contribution in [0.5, 0.6) is 5.75 Å². The molecule has 0 spiro atoms. The first-order valence-electron chi connectivity index (χ1n) is 4.34. The minimum atomic E-state index is -1.04. The van der Waals surface area contributed by atoms with Gasteiger partial charge in [0.25, 0.3) is 0 Å². The molecule has 0 aliphatic rings. The molecule has 4 nitrogen and oxygen atoms in total. The van der Waals surface area contributed by atoms with Gasteiger partial charge in [-0.15, -0.1) is 0 Å². The van der Waals surface area contributed by atoms with Gasteiger partial charge in [-0.25, -0.2) is 4.79 Å². The van der Waals surface area contributed by atoms with Crippen molar-refractivity contribution in [2.45, 2.75) is 13.0 Å². The van der Waals surface area contributed by atoms with Crippen molar-refractivity contribution in [3.63, 3.8) is 0 Å². The number of carbonyl (C=O) groups is 1. The van der Waals surface area contributed by atoms with Crippen LogP contribution in [-0.4, -0.2) is 28.9 Å². The Bertz CT molecular complexity index is 362. The van der Waals surface area contributed by atoms with Crippen LogP contribution in [0, 0.1) is 0 Å². The highest BCUT2D eigenvalue weighted by atomic mass is 35.5. The van der Waals surface area contributed by atoms with Crippen molar-refractivity contribution in [2.24, 2.45) is 0 Å². The third kappa shape index (κ3) is 3.42. The van der Waals surface area contributed by atoms with E-state index in [4.69, 9.17) is 26.6 Å². The van der Waals surface area contributed by atoms with Gasteiger partial charge in [0.1, 0.15) is 12.4 Å². The smallest absolute Gasteiger partial charge is 0.335 e. The number of carboxylic acids is 1. The quantitative estimate of drug-likeness (QED) is 0.828. The molecule has 1 aromatic rings. The average molecular weight is 231 g/mol. The van der Waals surface area contributed by atoms with E-state index in [1.165, 1.54) is 18.2 Å². The third-order valence-corrected chi connectivity index (χ3v) is 1.95. The van der Waals surface area contributed by atoms with Crippen LogP contribution in [0.2, 0.25) is 5.02 Å². The normalized spacial score (nSPS) is 12.2. The maximum atomic E-state index is 10.6. The molecule has 1 unspecified atom stereocenters. The summed E-state index contributed by atoms with van der Waals surface area (Å²) in [5.41, 5.74) is 0.101. The van der Waals surface area contributed by atoms with Crippen LogP contribution in [0.25, 0.3) is 0 Å². The number of carboxylic acid groups (broad SMARTS) is 1. The molecule has 0 bridgehead atoms. The van der Waals surface area contributed by atoms with Crippen molar-refractivity contribution in [2.75, 3.05) is 6.61 Å². The van der Waals surface area contributed by atoms with Crippen LogP contribution in [0.4, 0.5) is 0 Å². The summed E-state index contributed by atoms with van der Waals surface area (Å²) in [6.07, 6.45) is -0.597. The van der Waals surface area contributed by atoms with E-state index in [1.54, 1.807) is 6.92 Å². The van der Waals surface area contributed by atoms with Gasteiger partial charge in [0.05, 0.1) is 16.7 Å². The van der Waals surface area contributed by atoms with E-state index >= 15 is 0 Å². The molecule has 5 heteroatoms. The fraction of sp³-hybridized carbons (Fsp3) is 0.300. The standard InChI is InChI=1S/C10H11ClO4/c1-6(12)5-15-9-3-2-7(10(13)14)4-8(9)11/h2-4,6,12H,5H2,1H3,(H,13,14). The molecule has 0 aliphatic carbocycles. The first-order chi connectivity index (χ1) is 7.00. The van der Waals surface area contributed by atoms with Gasteiger partial charge in [-0.05, 0) is 25.1 Å². The van der Waals surface area contributed by atoms with Crippen molar-refractivity contribution in [1.29, 1.82) is 0 Å². The molecule has 0 aliphatic heterocycles. The summed E-state index contributed by atoms with van der Waals surface area (Å²) in [6.45, 7) is 1.70. The Labute approximate surface area is 92.1 Å². The first-order valence-corrected chi connectivity index (χ1v) is 4.72. The zero-order valence-corrected chi connectivity index (χ0v) is 8.86. The van der Waals surface area contributed by atoms with Gasteiger partial charge in [0, 0.05) is 0 Å². The van der Waals surface area contributed by atoms with Crippen LogP contribution < -0.4 is 4.74 Å². The Morgan fingerprint density at radius 1 is 1.60 bits per heavy atom. The number of aliphatic hydroxyl groups is 1. The number of hydrogen-bond acceptors (Lipinski definition) is 3. The molecule has 2 N–H and O–H groups in total. The molecule has 1 atom stereocenters. The molecular weight excluding hydrogens is 220 g/mol. The second-order valence-corrected chi connectivity index (χ2v) is 3.52. The summed E-state index contributed by atoms with van der Waals surface area (Å²) >= 11 is 5.79. The predicted octanol–water partition coefficient (Wildman–Crippen LogP) is 1.80. The van der Waals surface area contributed by atoms with Gasteiger partial charge < -0.3 is 14.9 Å². The number of halogens is 1. The SMILES string of the molecule is CC(O)COc1ccc(C(=O)O)cc1Cl. The Hall–Kier alpha value is -1.26. The van der Waals surface area contributed by atoms with Crippen LogP contribution in [0.3, 0.4) is 0 Å². The second-order valence-electron chi connectivity index (χ2n) is 3.11. The van der Waals surface area contributed by atoms with E-state index in [0.29, 0.717) is 5.75 Å². The topological polar surface area (TPSA) is 66.8 Å². The number of rotatable bonds is 4. The summed E-state index contributed by atoms with van der Waals surface area (Å²) in [6, 6.07) is 4.17. The highest BCUT2D eigenvalue weighted by Gasteiger charge is 2.08. The molecule has 0 radical (unpaired) electrons. The molecule has 0 fully saturated rings. The highest BCUT2D eigenvalue weighted by molar-refractivity contribution is 6.32. The lowest BCUT2D eigenvalue weighted by Crippen LogP contribution is -2.13. The van der Waals surface area contributed by atoms with E-state index < -0.39 is 12.1 Å². The van der Waals surface area contributed by atoms with Gasteiger partial charge in [-0.1, -0.05) is 11.6 Å². The van der Waals surface area contributed by atoms with E-state index in [2.05, 4.69) is 0 Å². The van der Waals surface area contributed by atoms with Gasteiger partial charge in [0.2, 0.25) is 0 Å². The van der Waals surface area contributed by atoms with Crippen LogP contribution in [-0.2, 0) is 0 Å². The Balaban J connectivity index is 2.79. The summed E-state index contributed by atoms with van der Waals surface area (Å²) in [4.78, 5) is 10.6. The van der Waals surface area contributed by atoms with Gasteiger partial charge in [-0.2, -0.15) is 0 Å². The van der Waals surface area contributed by atoms with Crippen molar-refractivity contribution in [1.82, 2.24) is 0 Å². The zero-order valence-electron chi connectivity index (χ0n) is 8.11. The summed E-state index contributed by atoms with van der Waals surface area (Å²) < 4.78 is 5.16. The molecule has 0 saturated carbocycles. The van der Waals surface area contributed by atoms with Crippen molar-refractivity contribution in [3.8, 4) is 5.75 Å². The van der Waals surface area contributed by atoms with Crippen LogP contribution >= 0.6 is 11.6 Å². The third-order valence-electron chi connectivity index (χ3n) is 1.66. The molecule has 1 rings (SSSR count). The first kappa shape index (κ1) is 11.8. The molecule has 82 valence electrons. The average Bonchev–Trinajstić information content (AvgIpc) is 2.15. The number of aromatic carboxylic acids is 1. The lowest BCUT2D eigenvalue weighted by molar-refractivity contribution is 0.0696. The maximum absolute atomic E-state index is 10.6. The molecular formula is C10H11ClO4. The molecule has 0 amide bonds. The Morgan fingerprint density at radius 2 is 2.27 bits per heavy atom. The fourth-order valence-electron chi connectivity index (χ4n) is 0.961. The largest absolute Gasteiger partial charge is 0.489 e. The molecule has 0 heterocycles. The van der Waals surface area contributed by atoms with Gasteiger partial charge in [-0.3, -0.25) is 0 Å². The van der Waals surface area contributed by atoms with E-state index in [0.717, 1.165) is 0 Å². The molecule has 15 heavy (non-hydrogen) atoms. The lowest BCUT2D eigenvalue weighted by atomic mass is 10.2. The van der Waals surface area contributed by atoms with Crippen molar-refractivity contribution < 1.29 is 19.7 Å². The van der Waals surface area contributed by atoms with Gasteiger partial charge >= 0.3 is 5.97 Å². The van der Waals surface area contributed by atoms with Crippen molar-refractivity contribution in [3.05, 3.63) is 28.8 Å². The molecule has 1 aromatic carbocycles. The lowest BCUT2D eigenvalue weighted by Gasteiger charge is -2.09. The number of ether oxygens (including phenoxy) is 1. The summed E-state index contributed by atoms with van der Waals surface area (Å²) in [7, 11) is 0. The fourth-order valence-corrected chi connectivity index (χ4v) is 1.20. The Kier molecular flexibility index (Phi) is 3.94. The minimum Gasteiger partial charge on any atom is -0.489 e. The Morgan fingerprint density at radius 3 is 2.73 bits per heavy atom. The van der Waals surface area contributed by atoms with Crippen LogP contribution in [0.15, 0.2) is 18.2 Å². The molecule has 0 aromatic heterocycles. The van der Waals surface area contributed by atoms with E-state index in [1.807, 2.05) is 0 Å². The maximum Gasteiger partial charge on any atom is 0.335 e. The van der Waals surface area contributed by atoms with Crippen molar-refractivity contribution >= 4 is 17.6 Å². The number of hydrogen-bond donors (Lipinski definition) is 2. The summed E-state index contributed by atoms with van der Waals surface area (Å²) in [5.74, 6) is -0.679. The van der Waals surface area contributed by atoms with E-state index in [-0.39, 0.29) is 17.2 Å². The summed E-state index contributed by atoms with van der Waals surface area (Å²) in [5, 5.41) is 17.9. The number of aliphatic hydroxyl groups excluding tert-OH is 1. The monoisotopic (exact) mass is 230 g/mol. The second kappa shape index (κ2) is 5.00. The minimum absolute atomic E-state index is 0.101. The van der Waals surface area contributed by atoms with E-state index in [9.17, 15) is 4.79 Å². The highest BCUT2D eigenvalue weighted by Crippen LogP contribution is 2.25. The van der Waals surface area contributed by atoms with Crippen LogP contribution in [0.1, 0.15) is 17.3 Å². The zero-order chi connectivity index (χ0) is 11.4. The molecule has 0 saturated heterocycles. The predicted molar refractivity (Wildman–Crippen MR) is 55.6 cm³/mol. The number of benzene rings is 1.